The van der Waals surface area contributed by atoms with Crippen molar-refractivity contribution in [3.63, 3.8) is 0 Å². The van der Waals surface area contributed by atoms with Crippen molar-refractivity contribution in [2.24, 2.45) is 5.92 Å². The van der Waals surface area contributed by atoms with Gasteiger partial charge in [0.15, 0.2) is 17.3 Å². The van der Waals surface area contributed by atoms with Crippen LogP contribution in [0, 0.1) is 5.92 Å². The largest absolute Gasteiger partial charge is 0.494 e. The lowest BCUT2D eigenvalue weighted by Crippen LogP contribution is -2.50. The highest BCUT2D eigenvalue weighted by Crippen LogP contribution is 2.38. The molecule has 1 aromatic carbocycles. The van der Waals surface area contributed by atoms with E-state index in [1.165, 1.54) is 13.2 Å². The molecule has 1 aliphatic rings. The third-order valence-corrected chi connectivity index (χ3v) is 7.47. The number of hydrogen-bond acceptors (Lipinski definition) is 10. The predicted molar refractivity (Wildman–Crippen MR) is 177 cm³/mol. The zero-order chi connectivity index (χ0) is 33.4. The molecule has 5 N–H and O–H groups in total. The van der Waals surface area contributed by atoms with E-state index in [1.807, 2.05) is 37.1 Å². The maximum absolute atomic E-state index is 13.0. The van der Waals surface area contributed by atoms with Crippen LogP contribution >= 0.6 is 0 Å². The molecule has 2 atom stereocenters. The first-order valence-corrected chi connectivity index (χ1v) is 15.3. The quantitative estimate of drug-likeness (QED) is 0.138. The average molecular weight is 624 g/mol. The number of methoxy groups -OCH3 is 1. The molecular weight excluding hydrogens is 585 g/mol. The number of aliphatic hydroxyl groups excluding tert-OH is 2. The number of nitrogens with one attached hydrogen (secondary N) is 3. The fourth-order valence-electron chi connectivity index (χ4n) is 4.73. The Morgan fingerprint density at radius 1 is 1.09 bits per heavy atom. The molecule has 3 aromatic rings. The molecule has 6 radical (unpaired) electrons. The Kier molecular flexibility index (Phi) is 11.9. The Bertz CT molecular complexity index is 1490. The molecular formula is C30H39B3N8O5. The number of ether oxygens (including phenoxy) is 1. The third kappa shape index (κ3) is 9.81. The van der Waals surface area contributed by atoms with Crippen LogP contribution in [0.25, 0.3) is 11.3 Å². The molecule has 16 heteroatoms. The second-order valence-electron chi connectivity index (χ2n) is 11.5. The van der Waals surface area contributed by atoms with Gasteiger partial charge < -0.3 is 30.9 Å². The summed E-state index contributed by atoms with van der Waals surface area (Å²) in [5.41, 5.74) is 1.80. The molecule has 0 spiro atoms. The van der Waals surface area contributed by atoms with Crippen LogP contribution in [-0.2, 0) is 11.3 Å². The van der Waals surface area contributed by atoms with E-state index < -0.39 is 23.4 Å². The van der Waals surface area contributed by atoms with Gasteiger partial charge in [0.2, 0.25) is 5.91 Å². The van der Waals surface area contributed by atoms with Crippen molar-refractivity contribution in [1.29, 1.82) is 0 Å². The van der Waals surface area contributed by atoms with Gasteiger partial charge in [-0.1, -0.05) is 25.2 Å². The second kappa shape index (κ2) is 15.6. The lowest BCUT2D eigenvalue weighted by Gasteiger charge is -2.26. The normalized spacial score (nSPS) is 14.5. The molecule has 238 valence electrons. The van der Waals surface area contributed by atoms with E-state index in [2.05, 4.69) is 26.1 Å². The van der Waals surface area contributed by atoms with Gasteiger partial charge in [0.1, 0.15) is 0 Å². The van der Waals surface area contributed by atoms with Gasteiger partial charge in [-0.05, 0) is 43.9 Å². The molecule has 13 nitrogen and oxygen atoms in total. The van der Waals surface area contributed by atoms with Crippen LogP contribution in [0.15, 0.2) is 36.5 Å². The van der Waals surface area contributed by atoms with Gasteiger partial charge in [-0.15, -0.1) is 10.2 Å². The zero-order valence-electron chi connectivity index (χ0n) is 26.4. The maximum Gasteiger partial charge on any atom is 0.272 e. The van der Waals surface area contributed by atoms with Gasteiger partial charge in [-0.3, -0.25) is 19.2 Å². The van der Waals surface area contributed by atoms with Gasteiger partial charge in [-0.25, -0.2) is 0 Å². The molecule has 1 fully saturated rings. The molecule has 46 heavy (non-hydrogen) atoms. The van der Waals surface area contributed by atoms with Crippen molar-refractivity contribution in [3.8, 4) is 17.0 Å². The van der Waals surface area contributed by atoms with E-state index in [4.69, 9.17) is 33.4 Å². The van der Waals surface area contributed by atoms with Gasteiger partial charge in [0.25, 0.3) is 5.91 Å². The van der Waals surface area contributed by atoms with Gasteiger partial charge >= 0.3 is 0 Å². The summed E-state index contributed by atoms with van der Waals surface area (Å²) in [5.74, 6) is -0.452. The van der Waals surface area contributed by atoms with Crippen molar-refractivity contribution in [1.82, 2.24) is 30.2 Å². The Balaban J connectivity index is 1.58. The molecule has 2 amide bonds. The van der Waals surface area contributed by atoms with Crippen LogP contribution < -0.4 is 20.7 Å². The van der Waals surface area contributed by atoms with Crippen LogP contribution in [0.4, 0.5) is 17.2 Å². The lowest BCUT2D eigenvalue weighted by molar-refractivity contribution is -0.117. The highest BCUT2D eigenvalue weighted by atomic mass is 16.5. The van der Waals surface area contributed by atoms with Crippen molar-refractivity contribution >= 4 is 52.5 Å². The van der Waals surface area contributed by atoms with Crippen molar-refractivity contribution in [2.75, 3.05) is 37.4 Å². The summed E-state index contributed by atoms with van der Waals surface area (Å²) in [6.07, 6.45) is 3.75. The standard InChI is InChI=1S/C30H39B3N8O5/c1-4-19(42)16-40(17-20(43)5-2)13-14-41-12-11-22(39-41)21-7-6-8-23(27(21)46-3)34-24-15-25(35-28(44)18-9-10-18)37-38-26(24)29(45)36-30(31,32)33/h6-8,11-12,15,18-20,42-43H,4-5,9-10,13-14,16-17H2,1-3H3,(H,36,45)(H2,34,35,37,44)/t19-,20+. The number of carbonyl (C=O) groups is 2. The number of para-hydroxylation sites is 1. The van der Waals surface area contributed by atoms with E-state index >= 15 is 0 Å². The highest BCUT2D eigenvalue weighted by molar-refractivity contribution is 6.60. The Labute approximate surface area is 273 Å². The highest BCUT2D eigenvalue weighted by Gasteiger charge is 2.30. The third-order valence-electron chi connectivity index (χ3n) is 7.47. The summed E-state index contributed by atoms with van der Waals surface area (Å²) in [4.78, 5) is 27.4. The number of hydrogen-bond donors (Lipinski definition) is 5. The molecule has 2 aromatic heterocycles. The van der Waals surface area contributed by atoms with Gasteiger partial charge in [0, 0.05) is 43.4 Å². The number of rotatable bonds is 17. The van der Waals surface area contributed by atoms with E-state index in [0.717, 1.165) is 12.8 Å². The number of aromatic nitrogens is 4. The van der Waals surface area contributed by atoms with Crippen LogP contribution in [0.3, 0.4) is 0 Å². The number of amides is 2. The van der Waals surface area contributed by atoms with E-state index in [1.54, 1.807) is 16.8 Å². The Hall–Kier alpha value is -3.88. The number of aliphatic hydroxyl groups is 2. The first-order valence-electron chi connectivity index (χ1n) is 15.3. The van der Waals surface area contributed by atoms with Crippen molar-refractivity contribution in [3.05, 3.63) is 42.2 Å². The summed E-state index contributed by atoms with van der Waals surface area (Å²) in [7, 11) is 18.3. The Morgan fingerprint density at radius 3 is 2.39 bits per heavy atom. The summed E-state index contributed by atoms with van der Waals surface area (Å²) in [6.45, 7) is 5.89. The predicted octanol–water partition coefficient (Wildman–Crippen LogP) is 1.13. The average Bonchev–Trinajstić information content (AvgIpc) is 3.76. The SMILES string of the molecule is [B]C([B])([B])NC(=O)c1nnc(NC(=O)C2CC2)cc1Nc1cccc(-c2ccn(CCN(C[C@H](O)CC)C[C@@H](O)CC)n2)c1OC. The van der Waals surface area contributed by atoms with Crippen LogP contribution in [0.1, 0.15) is 50.0 Å². The molecule has 0 unspecified atom stereocenters. The van der Waals surface area contributed by atoms with Gasteiger partial charge in [-0.2, -0.15) is 5.10 Å². The fraction of sp³-hybridized carbons (Fsp3) is 0.500. The lowest BCUT2D eigenvalue weighted by atomic mass is 9.49. The van der Waals surface area contributed by atoms with Crippen LogP contribution in [0.5, 0.6) is 5.75 Å². The van der Waals surface area contributed by atoms with Crippen molar-refractivity contribution < 1.29 is 24.5 Å². The number of nitrogens with zero attached hydrogens (tertiary/aromatic N) is 5. The maximum atomic E-state index is 13.0. The molecule has 0 saturated heterocycles. The molecule has 0 aliphatic heterocycles. The Morgan fingerprint density at radius 2 is 1.78 bits per heavy atom. The van der Waals surface area contributed by atoms with Crippen LogP contribution in [-0.4, -0.2) is 115 Å². The van der Waals surface area contributed by atoms with Crippen molar-refractivity contribution in [2.45, 2.75) is 63.5 Å². The minimum absolute atomic E-state index is 0.0703. The summed E-state index contributed by atoms with van der Waals surface area (Å²) >= 11 is 0. The summed E-state index contributed by atoms with van der Waals surface area (Å²) in [5, 5.41) is 39.3. The minimum Gasteiger partial charge on any atom is -0.494 e. The number of anilines is 3. The summed E-state index contributed by atoms with van der Waals surface area (Å²) in [6, 6.07) is 8.73. The fourth-order valence-corrected chi connectivity index (χ4v) is 4.73. The molecule has 2 heterocycles. The zero-order valence-corrected chi connectivity index (χ0v) is 26.4. The second-order valence-corrected chi connectivity index (χ2v) is 11.5. The van der Waals surface area contributed by atoms with E-state index in [-0.39, 0.29) is 29.0 Å². The van der Waals surface area contributed by atoms with Gasteiger partial charge in [0.05, 0.1) is 66.5 Å². The monoisotopic (exact) mass is 624 g/mol. The molecule has 1 aliphatic carbocycles. The first-order chi connectivity index (χ1) is 21.9. The number of carbonyl (C=O) groups excluding carboxylic acids is 2. The minimum atomic E-state index is -2.01. The number of benzene rings is 1. The van der Waals surface area contributed by atoms with E-state index in [9.17, 15) is 19.8 Å². The van der Waals surface area contributed by atoms with E-state index in [0.29, 0.717) is 61.7 Å². The summed E-state index contributed by atoms with van der Waals surface area (Å²) < 4.78 is 7.59. The first kappa shape index (κ1) is 35.0. The van der Waals surface area contributed by atoms with Crippen LogP contribution in [0.2, 0.25) is 0 Å². The topological polar surface area (TPSA) is 167 Å². The smallest absolute Gasteiger partial charge is 0.272 e. The molecule has 4 rings (SSSR count). The molecule has 0 bridgehead atoms. The molecule has 1 saturated carbocycles.